The Morgan fingerprint density at radius 3 is 2.36 bits per heavy atom. The maximum absolute atomic E-state index is 11.2. The molecule has 0 atom stereocenters. The topological polar surface area (TPSA) is 121 Å². The van der Waals surface area contributed by atoms with E-state index in [-0.39, 0.29) is 5.56 Å². The van der Waals surface area contributed by atoms with Crippen molar-refractivity contribution in [3.63, 3.8) is 0 Å². The molecule has 0 aliphatic rings. The van der Waals surface area contributed by atoms with Crippen molar-refractivity contribution in [2.45, 2.75) is 13.8 Å². The summed E-state index contributed by atoms with van der Waals surface area (Å²) in [5.74, 6) is 0.295. The summed E-state index contributed by atoms with van der Waals surface area (Å²) in [6, 6.07) is 15.4. The summed E-state index contributed by atoms with van der Waals surface area (Å²) in [5, 5.41) is 21.1. The summed E-state index contributed by atoms with van der Waals surface area (Å²) in [6.07, 6.45) is 0. The quantitative estimate of drug-likeness (QED) is 0.605. The number of aromatic carboxylic acids is 1. The van der Waals surface area contributed by atoms with Crippen LogP contribution in [-0.4, -0.2) is 16.1 Å². The third kappa shape index (κ3) is 4.02. The molecule has 140 valence electrons. The van der Waals surface area contributed by atoms with E-state index in [1.54, 1.807) is 62.4 Å². The van der Waals surface area contributed by atoms with Gasteiger partial charge in [-0.05, 0) is 67.4 Å². The number of pyridine rings is 1. The second-order valence-electron chi connectivity index (χ2n) is 6.25. The second-order valence-corrected chi connectivity index (χ2v) is 6.25. The molecular formula is C21H18N4O3. The van der Waals surface area contributed by atoms with E-state index in [4.69, 9.17) is 20.8 Å². The summed E-state index contributed by atoms with van der Waals surface area (Å²) in [7, 11) is 0. The van der Waals surface area contributed by atoms with Gasteiger partial charge in [0, 0.05) is 11.8 Å². The minimum Gasteiger partial charge on any atom is -0.478 e. The smallest absolute Gasteiger partial charge is 0.335 e. The van der Waals surface area contributed by atoms with Gasteiger partial charge in [-0.25, -0.2) is 4.79 Å². The first kappa shape index (κ1) is 18.7. The van der Waals surface area contributed by atoms with Crippen molar-refractivity contribution in [3.05, 3.63) is 70.8 Å². The van der Waals surface area contributed by atoms with Crippen molar-refractivity contribution >= 4 is 23.2 Å². The van der Waals surface area contributed by atoms with Crippen LogP contribution in [0.4, 0.5) is 17.2 Å². The molecule has 28 heavy (non-hydrogen) atoms. The standard InChI is InChI=1S/C21H18N4O3/c1-12-9-15(21(26)27)10-13(2)19(12)28-18-8-7-17(23)20(25-18)24-16-5-3-14(11-22)4-6-16/h3-10H,23H2,1-2H3,(H,24,25)(H,26,27). The predicted octanol–water partition coefficient (Wildman–Crippen LogP) is 4.39. The lowest BCUT2D eigenvalue weighted by Crippen LogP contribution is -2.03. The van der Waals surface area contributed by atoms with Gasteiger partial charge in [0.25, 0.3) is 0 Å². The minimum absolute atomic E-state index is 0.204. The van der Waals surface area contributed by atoms with Crippen molar-refractivity contribution < 1.29 is 14.6 Å². The molecule has 0 unspecified atom stereocenters. The molecule has 0 aliphatic heterocycles. The number of nitrogens with one attached hydrogen (secondary N) is 1. The number of nitriles is 1. The number of nitrogen functional groups attached to an aromatic ring is 1. The zero-order valence-corrected chi connectivity index (χ0v) is 15.4. The van der Waals surface area contributed by atoms with Crippen molar-refractivity contribution in [3.8, 4) is 17.7 Å². The third-order valence-electron chi connectivity index (χ3n) is 4.09. The zero-order valence-electron chi connectivity index (χ0n) is 15.4. The van der Waals surface area contributed by atoms with Gasteiger partial charge >= 0.3 is 5.97 Å². The highest BCUT2D eigenvalue weighted by molar-refractivity contribution is 5.88. The summed E-state index contributed by atoms with van der Waals surface area (Å²) < 4.78 is 5.90. The highest BCUT2D eigenvalue weighted by Crippen LogP contribution is 2.31. The molecule has 0 saturated carbocycles. The molecule has 0 radical (unpaired) electrons. The Kier molecular flexibility index (Phi) is 5.14. The van der Waals surface area contributed by atoms with E-state index in [1.165, 1.54) is 0 Å². The van der Waals surface area contributed by atoms with Gasteiger partial charge in [0.05, 0.1) is 22.9 Å². The molecule has 2 aromatic carbocycles. The van der Waals surface area contributed by atoms with Crippen LogP contribution in [0.1, 0.15) is 27.0 Å². The fourth-order valence-electron chi connectivity index (χ4n) is 2.71. The van der Waals surface area contributed by atoms with Gasteiger partial charge in [-0.2, -0.15) is 10.2 Å². The van der Waals surface area contributed by atoms with E-state index in [9.17, 15) is 4.79 Å². The fraction of sp³-hybridized carbons (Fsp3) is 0.0952. The summed E-state index contributed by atoms with van der Waals surface area (Å²) in [5.41, 5.74) is 9.31. The summed E-state index contributed by atoms with van der Waals surface area (Å²) in [6.45, 7) is 3.56. The molecule has 7 heteroatoms. The number of anilines is 3. The van der Waals surface area contributed by atoms with Crippen LogP contribution in [0.3, 0.4) is 0 Å². The van der Waals surface area contributed by atoms with Gasteiger partial charge in [-0.1, -0.05) is 0 Å². The first-order valence-electron chi connectivity index (χ1n) is 8.43. The van der Waals surface area contributed by atoms with Gasteiger partial charge in [0.1, 0.15) is 5.75 Å². The van der Waals surface area contributed by atoms with Crippen molar-refractivity contribution in [2.24, 2.45) is 0 Å². The lowest BCUT2D eigenvalue weighted by Gasteiger charge is -2.14. The molecule has 0 saturated heterocycles. The average molecular weight is 374 g/mol. The highest BCUT2D eigenvalue weighted by Gasteiger charge is 2.13. The molecule has 3 rings (SSSR count). The summed E-state index contributed by atoms with van der Waals surface area (Å²) in [4.78, 5) is 15.6. The maximum Gasteiger partial charge on any atom is 0.335 e. The van der Waals surface area contributed by atoms with Crippen LogP contribution in [0, 0.1) is 25.2 Å². The molecule has 0 aliphatic carbocycles. The Balaban J connectivity index is 1.87. The Bertz CT molecular complexity index is 1060. The first-order chi connectivity index (χ1) is 13.4. The van der Waals surface area contributed by atoms with Gasteiger partial charge in [-0.15, -0.1) is 0 Å². The molecule has 0 spiro atoms. The van der Waals surface area contributed by atoms with Crippen LogP contribution in [0.25, 0.3) is 0 Å². The Morgan fingerprint density at radius 2 is 1.79 bits per heavy atom. The third-order valence-corrected chi connectivity index (χ3v) is 4.09. The van der Waals surface area contributed by atoms with Crippen LogP contribution in [0.5, 0.6) is 11.6 Å². The number of benzene rings is 2. The van der Waals surface area contributed by atoms with Crippen LogP contribution in [-0.2, 0) is 0 Å². The average Bonchev–Trinajstić information content (AvgIpc) is 2.67. The lowest BCUT2D eigenvalue weighted by atomic mass is 10.1. The van der Waals surface area contributed by atoms with E-state index in [2.05, 4.69) is 16.4 Å². The number of nitrogens with zero attached hydrogens (tertiary/aromatic N) is 2. The predicted molar refractivity (Wildman–Crippen MR) is 106 cm³/mol. The molecule has 3 aromatic rings. The van der Waals surface area contributed by atoms with E-state index in [0.29, 0.717) is 39.8 Å². The van der Waals surface area contributed by atoms with Crippen molar-refractivity contribution in [2.75, 3.05) is 11.1 Å². The minimum atomic E-state index is -0.989. The number of hydrogen-bond donors (Lipinski definition) is 3. The SMILES string of the molecule is Cc1cc(C(=O)O)cc(C)c1Oc1ccc(N)c(Nc2ccc(C#N)cc2)n1. The Hall–Kier alpha value is -4.05. The van der Waals surface area contributed by atoms with Gasteiger partial charge in [0.2, 0.25) is 5.88 Å². The molecule has 0 fully saturated rings. The Morgan fingerprint density at radius 1 is 1.14 bits per heavy atom. The molecule has 0 amide bonds. The number of nitrogens with two attached hydrogens (primary N) is 1. The maximum atomic E-state index is 11.2. The van der Waals surface area contributed by atoms with Crippen LogP contribution in [0.2, 0.25) is 0 Å². The molecule has 0 bridgehead atoms. The zero-order chi connectivity index (χ0) is 20.3. The monoisotopic (exact) mass is 374 g/mol. The van der Waals surface area contributed by atoms with E-state index in [0.717, 1.165) is 5.69 Å². The molecule has 1 heterocycles. The molecule has 7 nitrogen and oxygen atoms in total. The van der Waals surface area contributed by atoms with E-state index in [1.807, 2.05) is 0 Å². The number of hydrogen-bond acceptors (Lipinski definition) is 6. The van der Waals surface area contributed by atoms with E-state index >= 15 is 0 Å². The first-order valence-corrected chi connectivity index (χ1v) is 8.43. The number of rotatable bonds is 5. The second kappa shape index (κ2) is 7.68. The Labute approximate surface area is 162 Å². The molecular weight excluding hydrogens is 356 g/mol. The largest absolute Gasteiger partial charge is 0.478 e. The fourth-order valence-corrected chi connectivity index (χ4v) is 2.71. The number of carboxylic acid groups (broad SMARTS) is 1. The number of aromatic nitrogens is 1. The number of carboxylic acids is 1. The normalized spacial score (nSPS) is 10.2. The number of ether oxygens (including phenoxy) is 1. The number of carbonyl (C=O) groups is 1. The number of aryl methyl sites for hydroxylation is 2. The van der Waals surface area contributed by atoms with Crippen molar-refractivity contribution in [1.82, 2.24) is 4.98 Å². The highest BCUT2D eigenvalue weighted by atomic mass is 16.5. The summed E-state index contributed by atoms with van der Waals surface area (Å²) >= 11 is 0. The van der Waals surface area contributed by atoms with Gasteiger partial charge in [0.15, 0.2) is 5.82 Å². The molecule has 1 aromatic heterocycles. The van der Waals surface area contributed by atoms with Gasteiger partial charge < -0.3 is 20.9 Å². The van der Waals surface area contributed by atoms with Gasteiger partial charge in [-0.3, -0.25) is 0 Å². The van der Waals surface area contributed by atoms with Crippen LogP contribution < -0.4 is 15.8 Å². The molecule has 4 N–H and O–H groups in total. The lowest BCUT2D eigenvalue weighted by molar-refractivity contribution is 0.0696. The van der Waals surface area contributed by atoms with E-state index < -0.39 is 5.97 Å². The van der Waals surface area contributed by atoms with Crippen LogP contribution in [0.15, 0.2) is 48.5 Å². The van der Waals surface area contributed by atoms with Crippen molar-refractivity contribution in [1.29, 1.82) is 5.26 Å². The van der Waals surface area contributed by atoms with Crippen LogP contribution >= 0.6 is 0 Å².